The van der Waals surface area contributed by atoms with Crippen molar-refractivity contribution >= 4 is 22.7 Å². The highest BCUT2D eigenvalue weighted by molar-refractivity contribution is 6.09. The molecule has 7 nitrogen and oxygen atoms in total. The van der Waals surface area contributed by atoms with Crippen molar-refractivity contribution in [2.75, 3.05) is 7.11 Å². The molecule has 158 valence electrons. The van der Waals surface area contributed by atoms with Crippen molar-refractivity contribution in [3.8, 4) is 23.5 Å². The number of amides is 3. The lowest BCUT2D eigenvalue weighted by Gasteiger charge is -2.20. The minimum absolute atomic E-state index is 0.230. The molecule has 4 rings (SSSR count). The smallest absolute Gasteiger partial charge is 0.323 e. The number of nitrogens with one attached hydrogen (secondary N) is 2. The number of hydrogen-bond acceptors (Lipinski definition) is 4. The lowest BCUT2D eigenvalue weighted by atomic mass is 9.99. The summed E-state index contributed by atoms with van der Waals surface area (Å²) in [5, 5.41) is 16.0. The van der Waals surface area contributed by atoms with Gasteiger partial charge in [-0.05, 0) is 24.3 Å². The Hall–Kier alpha value is -4.13. The molecular weight excluding hydrogens is 415 g/mol. The van der Waals surface area contributed by atoms with E-state index in [-0.39, 0.29) is 12.4 Å². The first-order chi connectivity index (χ1) is 14.7. The molecule has 1 aliphatic rings. The highest BCUT2D eigenvalue weighted by Crippen LogP contribution is 2.32. The monoisotopic (exact) mass is 429 g/mol. The number of methoxy groups -OCH3 is 1. The maximum absolute atomic E-state index is 14.0. The minimum atomic E-state index is -1.93. The number of rotatable bonds is 3. The van der Waals surface area contributed by atoms with E-state index in [4.69, 9.17) is 4.74 Å². The zero-order valence-corrected chi connectivity index (χ0v) is 15.9. The van der Waals surface area contributed by atoms with Crippen molar-refractivity contribution in [2.24, 2.45) is 0 Å². The van der Waals surface area contributed by atoms with Gasteiger partial charge in [0.25, 0.3) is 5.91 Å². The highest BCUT2D eigenvalue weighted by atomic mass is 19.2. The van der Waals surface area contributed by atoms with Gasteiger partial charge < -0.3 is 19.7 Å². The predicted octanol–water partition coefficient (Wildman–Crippen LogP) is 2.40. The van der Waals surface area contributed by atoms with Crippen LogP contribution in [0.5, 0.6) is 11.6 Å². The van der Waals surface area contributed by atoms with Crippen LogP contribution < -0.4 is 15.4 Å². The number of ether oxygens (including phenoxy) is 1. The quantitative estimate of drug-likeness (QED) is 0.339. The van der Waals surface area contributed by atoms with E-state index in [1.54, 1.807) is 18.2 Å². The van der Waals surface area contributed by atoms with E-state index in [9.17, 15) is 27.9 Å². The third-order valence-electron chi connectivity index (χ3n) is 4.82. The summed E-state index contributed by atoms with van der Waals surface area (Å²) in [4.78, 5) is 24.3. The Morgan fingerprint density at radius 3 is 2.65 bits per heavy atom. The standard InChI is InChI=1S/C21H14F3N3O4/c1-31-14-3-2-12-9-27(18(28)15(12)8-14)10-21(19(29)25-20(30)26-21)5-4-11-6-13(22)7-16(23)17(11)24/h2-3,6-9,28H,10H2,1H3,(H2,25,26,29,30)/t21-/m0/s1. The number of benzene rings is 2. The Bertz CT molecular complexity index is 1310. The largest absolute Gasteiger partial charge is 0.497 e. The molecule has 3 N–H and O–H groups in total. The normalized spacial score (nSPS) is 17.8. The molecule has 31 heavy (non-hydrogen) atoms. The summed E-state index contributed by atoms with van der Waals surface area (Å²) in [6, 6.07) is 5.11. The van der Waals surface area contributed by atoms with Gasteiger partial charge >= 0.3 is 6.03 Å². The van der Waals surface area contributed by atoms with Crippen molar-refractivity contribution in [3.05, 3.63) is 59.5 Å². The topological polar surface area (TPSA) is 92.6 Å². The number of halogens is 3. The SMILES string of the molecule is COc1ccc2cn(C[C@]3(C#Cc4cc(F)cc(F)c4F)NC(=O)NC3=O)c(O)c2c1. The van der Waals surface area contributed by atoms with Gasteiger partial charge in [0, 0.05) is 23.0 Å². The summed E-state index contributed by atoms with van der Waals surface area (Å²) >= 11 is 0. The van der Waals surface area contributed by atoms with Crippen LogP contribution in [0, 0.1) is 29.3 Å². The van der Waals surface area contributed by atoms with E-state index < -0.39 is 40.5 Å². The number of fused-ring (bicyclic) bond motifs is 1. The fraction of sp³-hybridized carbons (Fsp3) is 0.143. The Balaban J connectivity index is 1.79. The van der Waals surface area contributed by atoms with Gasteiger partial charge in [0.1, 0.15) is 11.6 Å². The number of carbonyl (C=O) groups is 2. The fourth-order valence-corrected chi connectivity index (χ4v) is 3.28. The zero-order chi connectivity index (χ0) is 22.3. The number of aromatic hydroxyl groups is 1. The number of aromatic nitrogens is 1. The first-order valence-electron chi connectivity index (χ1n) is 8.89. The van der Waals surface area contributed by atoms with Crippen molar-refractivity contribution in [2.45, 2.75) is 12.1 Å². The van der Waals surface area contributed by atoms with Gasteiger partial charge in [-0.15, -0.1) is 0 Å². The van der Waals surface area contributed by atoms with E-state index in [0.717, 1.165) is 0 Å². The van der Waals surface area contributed by atoms with E-state index >= 15 is 0 Å². The third kappa shape index (κ3) is 3.50. The molecule has 1 aliphatic heterocycles. The van der Waals surface area contributed by atoms with E-state index in [0.29, 0.717) is 28.7 Å². The molecule has 3 amide bonds. The Morgan fingerprint density at radius 1 is 1.19 bits per heavy atom. The molecule has 1 saturated heterocycles. The van der Waals surface area contributed by atoms with E-state index in [2.05, 4.69) is 17.2 Å². The van der Waals surface area contributed by atoms with Gasteiger partial charge in [0.2, 0.25) is 5.54 Å². The minimum Gasteiger partial charge on any atom is -0.497 e. The summed E-state index contributed by atoms with van der Waals surface area (Å²) < 4.78 is 47.3. The summed E-state index contributed by atoms with van der Waals surface area (Å²) in [5.41, 5.74) is -2.56. The number of carbonyl (C=O) groups excluding carboxylic acids is 2. The van der Waals surface area contributed by atoms with Gasteiger partial charge in [0.15, 0.2) is 17.5 Å². The van der Waals surface area contributed by atoms with Gasteiger partial charge in [0.05, 0.1) is 19.2 Å². The molecule has 0 spiro atoms. The van der Waals surface area contributed by atoms with Crippen LogP contribution in [-0.4, -0.2) is 34.3 Å². The molecule has 2 aromatic carbocycles. The second kappa shape index (κ2) is 7.28. The lowest BCUT2D eigenvalue weighted by molar-refractivity contribution is -0.122. The average molecular weight is 429 g/mol. The molecule has 1 atom stereocenters. The van der Waals surface area contributed by atoms with Crippen molar-refractivity contribution in [3.63, 3.8) is 0 Å². The van der Waals surface area contributed by atoms with E-state index in [1.807, 2.05) is 5.32 Å². The van der Waals surface area contributed by atoms with Crippen LogP contribution in [0.15, 0.2) is 36.5 Å². The van der Waals surface area contributed by atoms with Crippen molar-refractivity contribution < 1.29 is 32.6 Å². The van der Waals surface area contributed by atoms with Gasteiger partial charge in [-0.3, -0.25) is 10.1 Å². The summed E-state index contributed by atoms with van der Waals surface area (Å²) in [6.07, 6.45) is 1.52. The van der Waals surface area contributed by atoms with Crippen LogP contribution in [0.4, 0.5) is 18.0 Å². The molecule has 1 fully saturated rings. The summed E-state index contributed by atoms with van der Waals surface area (Å²) in [5.74, 6) is 0.136. The Labute approximate surface area is 173 Å². The second-order valence-corrected chi connectivity index (χ2v) is 6.85. The van der Waals surface area contributed by atoms with Crippen LogP contribution in [0.1, 0.15) is 5.56 Å². The van der Waals surface area contributed by atoms with Crippen LogP contribution >= 0.6 is 0 Å². The van der Waals surface area contributed by atoms with Crippen LogP contribution in [0.2, 0.25) is 0 Å². The fourth-order valence-electron chi connectivity index (χ4n) is 3.28. The first-order valence-corrected chi connectivity index (χ1v) is 8.89. The van der Waals surface area contributed by atoms with E-state index in [1.165, 1.54) is 17.9 Å². The Kier molecular flexibility index (Phi) is 4.74. The van der Waals surface area contributed by atoms with Gasteiger partial charge in [-0.1, -0.05) is 11.8 Å². The van der Waals surface area contributed by atoms with Gasteiger partial charge in [-0.2, -0.15) is 0 Å². The molecule has 1 aromatic heterocycles. The molecule has 0 aliphatic carbocycles. The van der Waals surface area contributed by atoms with Crippen LogP contribution in [-0.2, 0) is 11.3 Å². The molecule has 3 aromatic rings. The second-order valence-electron chi connectivity index (χ2n) is 6.85. The number of nitrogens with zero attached hydrogens (tertiary/aromatic N) is 1. The third-order valence-corrected chi connectivity index (χ3v) is 4.82. The molecule has 0 bridgehead atoms. The predicted molar refractivity (Wildman–Crippen MR) is 103 cm³/mol. The summed E-state index contributed by atoms with van der Waals surface area (Å²) in [6.45, 7) is -0.361. The lowest BCUT2D eigenvalue weighted by Crippen LogP contribution is -2.49. The first kappa shape index (κ1) is 20.2. The summed E-state index contributed by atoms with van der Waals surface area (Å²) in [7, 11) is 1.46. The maximum Gasteiger partial charge on any atom is 0.323 e. The van der Waals surface area contributed by atoms with Crippen LogP contribution in [0.25, 0.3) is 10.8 Å². The molecular formula is C21H14F3N3O4. The zero-order valence-electron chi connectivity index (χ0n) is 15.9. The molecule has 2 heterocycles. The van der Waals surface area contributed by atoms with Crippen LogP contribution in [0.3, 0.4) is 0 Å². The highest BCUT2D eigenvalue weighted by Gasteiger charge is 2.46. The Morgan fingerprint density at radius 2 is 1.97 bits per heavy atom. The molecule has 0 saturated carbocycles. The van der Waals surface area contributed by atoms with Crippen molar-refractivity contribution in [1.82, 2.24) is 15.2 Å². The number of urea groups is 1. The van der Waals surface area contributed by atoms with Crippen molar-refractivity contribution in [1.29, 1.82) is 0 Å². The number of hydrogen-bond donors (Lipinski definition) is 3. The number of imide groups is 1. The van der Waals surface area contributed by atoms with Gasteiger partial charge in [-0.25, -0.2) is 18.0 Å². The average Bonchev–Trinajstić information content (AvgIpc) is 3.18. The molecule has 0 unspecified atom stereocenters. The molecule has 0 radical (unpaired) electrons. The maximum atomic E-state index is 14.0. The molecule has 10 heteroatoms.